The lowest BCUT2D eigenvalue weighted by Crippen LogP contribution is -2.40. The van der Waals surface area contributed by atoms with Crippen LogP contribution in [0.15, 0.2) is 12.2 Å². The summed E-state index contributed by atoms with van der Waals surface area (Å²) in [6.45, 7) is 4.96. The van der Waals surface area contributed by atoms with Gasteiger partial charge in [-0.1, -0.05) is 321 Å². The second kappa shape index (κ2) is 62.1. The first-order valence-electron chi connectivity index (χ1n) is 34.9. The number of hydrogen-bond acceptors (Lipinski definition) is 7. The van der Waals surface area contributed by atoms with Gasteiger partial charge < -0.3 is 28.5 Å². The SMILES string of the molecule is CCCCCCCCCC/C=C\CCCCCCCCCCCCCCCCCCCCCCCC(=O)OC(COC(=O)CCCCCCCCCCCCCCCCCCCCCCC)COC(OCC[N+](C)(C)C)C(=O)O. The molecule has 0 amide bonds. The lowest BCUT2D eigenvalue weighted by atomic mass is 10.0. The molecule has 0 fully saturated rings. The molecular weight excluding hydrogens is 983 g/mol. The maximum atomic E-state index is 12.9. The van der Waals surface area contributed by atoms with Gasteiger partial charge in [-0.05, 0) is 38.5 Å². The predicted octanol–water partition coefficient (Wildman–Crippen LogP) is 21.3. The maximum Gasteiger partial charge on any atom is 0.361 e. The Balaban J connectivity index is 4.03. The maximum absolute atomic E-state index is 12.9. The van der Waals surface area contributed by atoms with Crippen molar-refractivity contribution in [2.45, 2.75) is 373 Å². The number of nitrogens with zero attached hydrogens (tertiary/aromatic N) is 1. The van der Waals surface area contributed by atoms with E-state index in [2.05, 4.69) is 26.0 Å². The third-order valence-electron chi connectivity index (χ3n) is 16.0. The molecule has 468 valence electrons. The molecule has 0 rings (SSSR count). The van der Waals surface area contributed by atoms with Crippen LogP contribution in [0.4, 0.5) is 0 Å². The fraction of sp³-hybridized carbons (Fsp3) is 0.929. The van der Waals surface area contributed by atoms with Gasteiger partial charge in [-0.25, -0.2) is 4.79 Å². The van der Waals surface area contributed by atoms with Crippen molar-refractivity contribution >= 4 is 17.9 Å². The topological polar surface area (TPSA) is 108 Å². The van der Waals surface area contributed by atoms with E-state index < -0.39 is 18.4 Å². The number of carbonyl (C=O) groups is 3. The minimum absolute atomic E-state index is 0.173. The highest BCUT2D eigenvalue weighted by atomic mass is 16.7. The summed E-state index contributed by atoms with van der Waals surface area (Å²) in [6.07, 6.45) is 71.9. The second-order valence-corrected chi connectivity index (χ2v) is 25.2. The van der Waals surface area contributed by atoms with E-state index >= 15 is 0 Å². The molecule has 0 aliphatic rings. The van der Waals surface area contributed by atoms with Crippen LogP contribution in [0.1, 0.15) is 361 Å². The van der Waals surface area contributed by atoms with Crippen molar-refractivity contribution in [2.75, 3.05) is 47.5 Å². The number of likely N-dealkylation sites (N-methyl/N-ethyl adjacent to an activating group) is 1. The molecule has 0 aliphatic carbocycles. The summed E-state index contributed by atoms with van der Waals surface area (Å²) in [5, 5.41) is 9.74. The van der Waals surface area contributed by atoms with Crippen LogP contribution in [0.3, 0.4) is 0 Å². The summed E-state index contributed by atoms with van der Waals surface area (Å²) in [4.78, 5) is 37.6. The lowest BCUT2D eigenvalue weighted by molar-refractivity contribution is -0.870. The number of rotatable bonds is 66. The minimum Gasteiger partial charge on any atom is -0.477 e. The van der Waals surface area contributed by atoms with Crippen LogP contribution >= 0.6 is 0 Å². The molecule has 0 radical (unpaired) electrons. The molecule has 79 heavy (non-hydrogen) atoms. The highest BCUT2D eigenvalue weighted by molar-refractivity contribution is 5.71. The van der Waals surface area contributed by atoms with Crippen LogP contribution in [0, 0.1) is 0 Å². The fourth-order valence-electron chi connectivity index (χ4n) is 10.7. The Morgan fingerprint density at radius 1 is 0.367 bits per heavy atom. The zero-order chi connectivity index (χ0) is 57.6. The van der Waals surface area contributed by atoms with Crippen molar-refractivity contribution in [1.82, 2.24) is 0 Å². The molecular formula is C70H136NO8+. The van der Waals surface area contributed by atoms with Crippen LogP contribution in [-0.4, -0.2) is 87.4 Å². The van der Waals surface area contributed by atoms with E-state index in [0.717, 1.165) is 38.5 Å². The Labute approximate surface area is 491 Å². The highest BCUT2D eigenvalue weighted by Crippen LogP contribution is 2.19. The monoisotopic (exact) mass is 1120 g/mol. The summed E-state index contributed by atoms with van der Waals surface area (Å²) in [6, 6.07) is 0. The van der Waals surface area contributed by atoms with Gasteiger partial charge in [0, 0.05) is 12.8 Å². The number of carboxylic acid groups (broad SMARTS) is 1. The first kappa shape index (κ1) is 77.0. The molecule has 0 aromatic heterocycles. The van der Waals surface area contributed by atoms with E-state index in [9.17, 15) is 19.5 Å². The quantitative estimate of drug-likeness (QED) is 0.0211. The number of ether oxygens (including phenoxy) is 4. The van der Waals surface area contributed by atoms with E-state index in [4.69, 9.17) is 18.9 Å². The summed E-state index contributed by atoms with van der Waals surface area (Å²) in [5.41, 5.74) is 0. The van der Waals surface area contributed by atoms with E-state index in [-0.39, 0.29) is 38.2 Å². The van der Waals surface area contributed by atoms with Crippen molar-refractivity contribution in [2.24, 2.45) is 0 Å². The summed E-state index contributed by atoms with van der Waals surface area (Å²) >= 11 is 0. The summed E-state index contributed by atoms with van der Waals surface area (Å²) in [5.74, 6) is -1.97. The lowest BCUT2D eigenvalue weighted by Gasteiger charge is -2.25. The smallest absolute Gasteiger partial charge is 0.361 e. The van der Waals surface area contributed by atoms with Crippen LogP contribution in [0.25, 0.3) is 0 Å². The third-order valence-corrected chi connectivity index (χ3v) is 16.0. The van der Waals surface area contributed by atoms with E-state index in [0.29, 0.717) is 17.4 Å². The number of esters is 2. The molecule has 0 saturated heterocycles. The van der Waals surface area contributed by atoms with Gasteiger partial charge in [0.15, 0.2) is 6.10 Å². The molecule has 0 aromatic carbocycles. The largest absolute Gasteiger partial charge is 0.477 e. The normalized spacial score (nSPS) is 12.7. The molecule has 0 heterocycles. The van der Waals surface area contributed by atoms with Crippen molar-refractivity contribution in [3.8, 4) is 0 Å². The number of hydrogen-bond donors (Lipinski definition) is 1. The molecule has 0 aliphatic heterocycles. The van der Waals surface area contributed by atoms with E-state index in [1.165, 1.54) is 295 Å². The number of aliphatic carboxylic acids is 1. The summed E-state index contributed by atoms with van der Waals surface area (Å²) in [7, 11) is 5.99. The molecule has 9 nitrogen and oxygen atoms in total. The number of unbranched alkanes of at least 4 members (excludes halogenated alkanes) is 49. The van der Waals surface area contributed by atoms with Crippen LogP contribution < -0.4 is 0 Å². The van der Waals surface area contributed by atoms with Gasteiger partial charge in [-0.2, -0.15) is 0 Å². The van der Waals surface area contributed by atoms with Crippen molar-refractivity contribution < 1.29 is 42.9 Å². The van der Waals surface area contributed by atoms with Gasteiger partial charge >= 0.3 is 17.9 Å². The second-order valence-electron chi connectivity index (χ2n) is 25.2. The molecule has 0 spiro atoms. The van der Waals surface area contributed by atoms with Crippen LogP contribution in [-0.2, 0) is 33.3 Å². The van der Waals surface area contributed by atoms with E-state index in [1.54, 1.807) is 0 Å². The minimum atomic E-state index is -1.51. The highest BCUT2D eigenvalue weighted by Gasteiger charge is 2.25. The van der Waals surface area contributed by atoms with Crippen LogP contribution in [0.5, 0.6) is 0 Å². The Hall–Kier alpha value is -1.97. The van der Waals surface area contributed by atoms with Gasteiger partial charge in [0.1, 0.15) is 13.2 Å². The molecule has 2 unspecified atom stereocenters. The number of carboxylic acids is 1. The molecule has 0 saturated carbocycles. The number of quaternary nitrogens is 1. The Bertz CT molecular complexity index is 1300. The standard InChI is InChI=1S/C70H135NO8/c1-6-8-10-12-14-16-18-20-22-24-26-28-29-30-31-32-33-34-35-36-37-38-39-41-43-45-47-49-51-53-55-57-59-61-68(73)79-66(65-78-70(69(74)75)76-63-62-71(3,4)5)64-77-67(72)60-58-56-54-52-50-48-46-44-42-40-27-25-23-21-19-17-15-13-11-9-7-2/h24,26,66,70H,6-23,25,27-65H2,1-5H3/p+1/b26-24-. The molecule has 2 atom stereocenters. The van der Waals surface area contributed by atoms with Gasteiger partial charge in [-0.3, -0.25) is 9.59 Å². The van der Waals surface area contributed by atoms with Crippen molar-refractivity contribution in [1.29, 1.82) is 0 Å². The fourth-order valence-corrected chi connectivity index (χ4v) is 10.7. The zero-order valence-electron chi connectivity index (χ0n) is 53.6. The molecule has 1 N–H and O–H groups in total. The van der Waals surface area contributed by atoms with Gasteiger partial charge in [0.2, 0.25) is 0 Å². The van der Waals surface area contributed by atoms with Gasteiger partial charge in [0.05, 0.1) is 34.4 Å². The number of allylic oxidation sites excluding steroid dienone is 2. The third kappa shape index (κ3) is 63.5. The summed E-state index contributed by atoms with van der Waals surface area (Å²) < 4.78 is 23.0. The van der Waals surface area contributed by atoms with Crippen LogP contribution in [0.2, 0.25) is 0 Å². The predicted molar refractivity (Wildman–Crippen MR) is 337 cm³/mol. The first-order chi connectivity index (χ1) is 38.6. The molecule has 0 aromatic rings. The molecule has 9 heteroatoms. The van der Waals surface area contributed by atoms with Crippen molar-refractivity contribution in [3.05, 3.63) is 12.2 Å². The number of carbonyl (C=O) groups excluding carboxylic acids is 2. The van der Waals surface area contributed by atoms with E-state index in [1.807, 2.05) is 21.1 Å². The molecule has 0 bridgehead atoms. The van der Waals surface area contributed by atoms with Gasteiger partial charge in [0.25, 0.3) is 6.29 Å². The average molecular weight is 1120 g/mol. The Morgan fingerprint density at radius 2 is 0.646 bits per heavy atom. The average Bonchev–Trinajstić information content (AvgIpc) is 3.42. The van der Waals surface area contributed by atoms with Gasteiger partial charge in [-0.15, -0.1) is 0 Å². The Morgan fingerprint density at radius 3 is 0.937 bits per heavy atom. The Kier molecular flexibility index (Phi) is 60.5. The zero-order valence-corrected chi connectivity index (χ0v) is 53.6. The first-order valence-corrected chi connectivity index (χ1v) is 34.9. The van der Waals surface area contributed by atoms with Crippen molar-refractivity contribution in [3.63, 3.8) is 0 Å².